The summed E-state index contributed by atoms with van der Waals surface area (Å²) in [6.45, 7) is 2.82. The molecule has 0 fully saturated rings. The second kappa shape index (κ2) is 4.50. The van der Waals surface area contributed by atoms with Gasteiger partial charge in [0.15, 0.2) is 0 Å². The highest BCUT2D eigenvalue weighted by atomic mass is 32.1. The zero-order chi connectivity index (χ0) is 10.7. The minimum absolute atomic E-state index is 0.652. The summed E-state index contributed by atoms with van der Waals surface area (Å²) in [5.41, 5.74) is 3.05. The van der Waals surface area contributed by atoms with Gasteiger partial charge in [0, 0.05) is 11.9 Å². The van der Waals surface area contributed by atoms with Gasteiger partial charge in [0.05, 0.1) is 23.1 Å². The van der Waals surface area contributed by atoms with Crippen LogP contribution in [0.2, 0.25) is 0 Å². The lowest BCUT2D eigenvalue weighted by Gasteiger charge is -2.09. The van der Waals surface area contributed by atoms with E-state index in [0.717, 1.165) is 13.0 Å². The summed E-state index contributed by atoms with van der Waals surface area (Å²) in [4.78, 5) is 4.07. The Labute approximate surface area is 91.4 Å². The number of aromatic nitrogens is 4. The minimum atomic E-state index is -0.724. The molecule has 0 aromatic carbocycles. The van der Waals surface area contributed by atoms with Crippen LogP contribution in [-0.2, 0) is 6.54 Å². The van der Waals surface area contributed by atoms with Crippen molar-refractivity contribution in [3.63, 3.8) is 0 Å². The van der Waals surface area contributed by atoms with Crippen LogP contribution in [0.4, 0.5) is 0 Å². The molecule has 6 heteroatoms. The predicted molar refractivity (Wildman–Crippen MR) is 56.5 cm³/mol. The van der Waals surface area contributed by atoms with E-state index >= 15 is 0 Å². The Morgan fingerprint density at radius 3 is 3.13 bits per heavy atom. The highest BCUT2D eigenvalue weighted by Crippen LogP contribution is 2.20. The van der Waals surface area contributed by atoms with Crippen molar-refractivity contribution in [2.24, 2.45) is 0 Å². The summed E-state index contributed by atoms with van der Waals surface area (Å²) >= 11 is 1.46. The molecule has 0 aliphatic carbocycles. The van der Waals surface area contributed by atoms with E-state index < -0.39 is 6.10 Å². The van der Waals surface area contributed by atoms with Crippen LogP contribution >= 0.6 is 11.3 Å². The summed E-state index contributed by atoms with van der Waals surface area (Å²) in [5.74, 6) is 0. The van der Waals surface area contributed by atoms with Crippen LogP contribution < -0.4 is 0 Å². The van der Waals surface area contributed by atoms with E-state index in [-0.39, 0.29) is 0 Å². The smallest absolute Gasteiger partial charge is 0.140 e. The second-order valence-corrected chi connectivity index (χ2v) is 3.92. The number of nitrogens with zero attached hydrogens (tertiary/aromatic N) is 4. The lowest BCUT2D eigenvalue weighted by atomic mass is 10.2. The lowest BCUT2D eigenvalue weighted by Crippen LogP contribution is -2.10. The first-order valence-corrected chi connectivity index (χ1v) is 5.71. The monoisotopic (exact) mass is 224 g/mol. The van der Waals surface area contributed by atoms with Crippen molar-refractivity contribution in [2.75, 3.05) is 0 Å². The predicted octanol–water partition coefficient (Wildman–Crippen LogP) is 1.23. The number of rotatable bonds is 4. The first kappa shape index (κ1) is 10.3. The van der Waals surface area contributed by atoms with Gasteiger partial charge in [0.2, 0.25) is 0 Å². The van der Waals surface area contributed by atoms with Crippen molar-refractivity contribution in [3.8, 4) is 0 Å². The quantitative estimate of drug-likeness (QED) is 0.848. The molecule has 0 radical (unpaired) electrons. The molecule has 5 nitrogen and oxygen atoms in total. The number of aliphatic hydroxyl groups excluding tert-OH is 1. The molecule has 1 N–H and O–H groups in total. The Hall–Kier alpha value is -1.27. The number of hydrogen-bond donors (Lipinski definition) is 1. The Morgan fingerprint density at radius 1 is 1.60 bits per heavy atom. The fourth-order valence-electron chi connectivity index (χ4n) is 1.37. The molecule has 15 heavy (non-hydrogen) atoms. The van der Waals surface area contributed by atoms with E-state index in [1.807, 2.05) is 5.38 Å². The third-order valence-electron chi connectivity index (χ3n) is 2.09. The van der Waals surface area contributed by atoms with Crippen molar-refractivity contribution in [1.29, 1.82) is 0 Å². The molecule has 2 rings (SSSR count). The summed E-state index contributed by atoms with van der Waals surface area (Å²) in [6.07, 6.45) is 1.82. The highest BCUT2D eigenvalue weighted by Gasteiger charge is 2.17. The van der Waals surface area contributed by atoms with Crippen LogP contribution in [0.15, 0.2) is 17.1 Å². The van der Waals surface area contributed by atoms with Gasteiger partial charge in [0.1, 0.15) is 6.10 Å². The van der Waals surface area contributed by atoms with Gasteiger partial charge in [0.25, 0.3) is 0 Å². The van der Waals surface area contributed by atoms with Gasteiger partial charge < -0.3 is 5.11 Å². The Bertz CT molecular complexity index is 411. The van der Waals surface area contributed by atoms with Crippen molar-refractivity contribution >= 4 is 11.3 Å². The number of thiazole rings is 1. The Morgan fingerprint density at radius 2 is 2.47 bits per heavy atom. The van der Waals surface area contributed by atoms with Gasteiger partial charge in [-0.25, -0.2) is 9.67 Å². The zero-order valence-corrected chi connectivity index (χ0v) is 9.18. The molecule has 2 heterocycles. The van der Waals surface area contributed by atoms with Crippen molar-refractivity contribution in [3.05, 3.63) is 28.5 Å². The van der Waals surface area contributed by atoms with Gasteiger partial charge in [-0.15, -0.1) is 16.4 Å². The van der Waals surface area contributed by atoms with Crippen molar-refractivity contribution < 1.29 is 5.11 Å². The maximum Gasteiger partial charge on any atom is 0.140 e. The molecule has 0 amide bonds. The van der Waals surface area contributed by atoms with E-state index in [1.165, 1.54) is 11.3 Å². The molecule has 0 aliphatic rings. The summed E-state index contributed by atoms with van der Waals surface area (Å²) in [5, 5.41) is 19.6. The van der Waals surface area contributed by atoms with E-state index in [1.54, 1.807) is 16.4 Å². The minimum Gasteiger partial charge on any atom is -0.380 e. The number of hydrogen-bond acceptors (Lipinski definition) is 5. The SMILES string of the molecule is CCCn1nncc1C(O)c1cscn1. The third kappa shape index (κ3) is 2.05. The van der Waals surface area contributed by atoms with Gasteiger partial charge in [-0.3, -0.25) is 0 Å². The van der Waals surface area contributed by atoms with E-state index in [2.05, 4.69) is 22.2 Å². The van der Waals surface area contributed by atoms with Crippen LogP contribution in [0.25, 0.3) is 0 Å². The highest BCUT2D eigenvalue weighted by molar-refractivity contribution is 7.07. The first-order valence-electron chi connectivity index (χ1n) is 4.77. The molecule has 2 aromatic heterocycles. The average molecular weight is 224 g/mol. The number of aliphatic hydroxyl groups is 1. The summed E-state index contributed by atoms with van der Waals surface area (Å²) in [6, 6.07) is 0. The van der Waals surface area contributed by atoms with Crippen LogP contribution in [0.3, 0.4) is 0 Å². The molecule has 80 valence electrons. The zero-order valence-electron chi connectivity index (χ0n) is 8.37. The van der Waals surface area contributed by atoms with Gasteiger partial charge in [-0.05, 0) is 6.42 Å². The van der Waals surface area contributed by atoms with Crippen LogP contribution in [0.1, 0.15) is 30.8 Å². The lowest BCUT2D eigenvalue weighted by molar-refractivity contribution is 0.203. The molecule has 0 saturated heterocycles. The fraction of sp³-hybridized carbons (Fsp3) is 0.444. The van der Waals surface area contributed by atoms with Crippen molar-refractivity contribution in [1.82, 2.24) is 20.0 Å². The fourth-order valence-corrected chi connectivity index (χ4v) is 1.94. The summed E-state index contributed by atoms with van der Waals surface area (Å²) in [7, 11) is 0. The van der Waals surface area contributed by atoms with Gasteiger partial charge >= 0.3 is 0 Å². The molecular weight excluding hydrogens is 212 g/mol. The Balaban J connectivity index is 2.25. The maximum atomic E-state index is 10.0. The Kier molecular flexibility index (Phi) is 3.08. The largest absolute Gasteiger partial charge is 0.380 e. The van der Waals surface area contributed by atoms with E-state index in [9.17, 15) is 5.11 Å². The van der Waals surface area contributed by atoms with Crippen LogP contribution in [0, 0.1) is 0 Å². The third-order valence-corrected chi connectivity index (χ3v) is 2.70. The maximum absolute atomic E-state index is 10.0. The van der Waals surface area contributed by atoms with Gasteiger partial charge in [-0.1, -0.05) is 12.1 Å². The molecular formula is C9H12N4OS. The van der Waals surface area contributed by atoms with Crippen molar-refractivity contribution in [2.45, 2.75) is 26.0 Å². The average Bonchev–Trinajstić information content (AvgIpc) is 2.87. The molecule has 0 spiro atoms. The van der Waals surface area contributed by atoms with Crippen LogP contribution in [0.5, 0.6) is 0 Å². The molecule has 1 atom stereocenters. The molecule has 0 aliphatic heterocycles. The molecule has 2 aromatic rings. The normalized spacial score (nSPS) is 12.9. The standard InChI is InChI=1S/C9H12N4OS/c1-2-3-13-8(4-11-12-13)9(14)7-5-15-6-10-7/h4-6,9,14H,2-3H2,1H3. The first-order chi connectivity index (χ1) is 7.33. The van der Waals surface area contributed by atoms with Crippen LogP contribution in [-0.4, -0.2) is 25.1 Å². The molecule has 0 saturated carbocycles. The topological polar surface area (TPSA) is 63.8 Å². The summed E-state index contributed by atoms with van der Waals surface area (Å²) < 4.78 is 1.71. The van der Waals surface area contributed by atoms with E-state index in [0.29, 0.717) is 11.4 Å². The second-order valence-electron chi connectivity index (χ2n) is 3.20. The molecule has 1 unspecified atom stereocenters. The molecule has 0 bridgehead atoms. The van der Waals surface area contributed by atoms with Gasteiger partial charge in [-0.2, -0.15) is 0 Å². The van der Waals surface area contributed by atoms with E-state index in [4.69, 9.17) is 0 Å². The number of aryl methyl sites for hydroxylation is 1.